The molecule has 0 fully saturated rings. The standard InChI is InChI=1S/C22H24N4O/c1-5-22(4)24-18-9-7-6-8-17(18)20-23-21(27)19(25-26(20)22)16-12-10-15(11-13-16)14(2)3/h6-14,24H,5H2,1-4H3. The molecule has 0 spiro atoms. The van der Waals surface area contributed by atoms with Crippen LogP contribution in [0.3, 0.4) is 0 Å². The molecule has 0 saturated heterocycles. The molecule has 4 rings (SSSR count). The molecule has 1 aromatic heterocycles. The average molecular weight is 360 g/mol. The van der Waals surface area contributed by atoms with E-state index in [-0.39, 0.29) is 5.56 Å². The van der Waals surface area contributed by atoms with Crippen molar-refractivity contribution in [3.63, 3.8) is 0 Å². The van der Waals surface area contributed by atoms with Gasteiger partial charge in [-0.05, 0) is 37.0 Å². The van der Waals surface area contributed by atoms with Gasteiger partial charge in [0.1, 0.15) is 5.66 Å². The van der Waals surface area contributed by atoms with Crippen LogP contribution in [0.4, 0.5) is 5.69 Å². The van der Waals surface area contributed by atoms with Crippen LogP contribution in [0, 0.1) is 0 Å². The molecular formula is C22H24N4O. The Morgan fingerprint density at radius 2 is 1.81 bits per heavy atom. The second-order valence-electron chi connectivity index (χ2n) is 7.58. The van der Waals surface area contributed by atoms with Crippen LogP contribution in [-0.2, 0) is 5.66 Å². The van der Waals surface area contributed by atoms with Crippen molar-refractivity contribution < 1.29 is 0 Å². The van der Waals surface area contributed by atoms with Crippen LogP contribution in [-0.4, -0.2) is 14.8 Å². The van der Waals surface area contributed by atoms with E-state index in [4.69, 9.17) is 5.10 Å². The fourth-order valence-corrected chi connectivity index (χ4v) is 3.48. The van der Waals surface area contributed by atoms with Crippen molar-refractivity contribution >= 4 is 5.69 Å². The highest BCUT2D eigenvalue weighted by Crippen LogP contribution is 2.37. The summed E-state index contributed by atoms with van der Waals surface area (Å²) in [5.41, 5.74) is 3.54. The molecule has 0 aliphatic carbocycles. The molecule has 27 heavy (non-hydrogen) atoms. The van der Waals surface area contributed by atoms with Crippen molar-refractivity contribution in [3.05, 3.63) is 64.4 Å². The molecule has 2 aromatic carbocycles. The van der Waals surface area contributed by atoms with Gasteiger partial charge >= 0.3 is 0 Å². The fraction of sp³-hybridized carbons (Fsp3) is 0.318. The van der Waals surface area contributed by atoms with Gasteiger partial charge in [-0.2, -0.15) is 10.1 Å². The number of hydrogen-bond acceptors (Lipinski definition) is 4. The Morgan fingerprint density at radius 3 is 2.48 bits per heavy atom. The molecule has 0 radical (unpaired) electrons. The molecular weight excluding hydrogens is 336 g/mol. The first-order valence-corrected chi connectivity index (χ1v) is 9.42. The first-order chi connectivity index (χ1) is 12.9. The Balaban J connectivity index is 1.91. The van der Waals surface area contributed by atoms with Gasteiger partial charge < -0.3 is 5.32 Å². The van der Waals surface area contributed by atoms with Crippen LogP contribution < -0.4 is 10.9 Å². The molecule has 5 nitrogen and oxygen atoms in total. The maximum absolute atomic E-state index is 12.8. The lowest BCUT2D eigenvalue weighted by Gasteiger charge is -2.38. The van der Waals surface area contributed by atoms with Crippen molar-refractivity contribution in [3.8, 4) is 22.6 Å². The van der Waals surface area contributed by atoms with Crippen LogP contribution in [0.2, 0.25) is 0 Å². The lowest BCUT2D eigenvalue weighted by Crippen LogP contribution is -2.44. The van der Waals surface area contributed by atoms with Crippen molar-refractivity contribution in [2.45, 2.75) is 45.7 Å². The Morgan fingerprint density at radius 1 is 1.11 bits per heavy atom. The molecule has 1 atom stereocenters. The summed E-state index contributed by atoms with van der Waals surface area (Å²) in [7, 11) is 0. The predicted molar refractivity (Wildman–Crippen MR) is 109 cm³/mol. The smallest absolute Gasteiger partial charge is 0.300 e. The molecule has 5 heteroatoms. The summed E-state index contributed by atoms with van der Waals surface area (Å²) in [6, 6.07) is 15.9. The van der Waals surface area contributed by atoms with Gasteiger partial charge in [0.2, 0.25) is 0 Å². The van der Waals surface area contributed by atoms with E-state index in [2.05, 4.69) is 50.1 Å². The molecule has 138 valence electrons. The predicted octanol–water partition coefficient (Wildman–Crippen LogP) is 4.60. The van der Waals surface area contributed by atoms with Crippen LogP contribution in [0.25, 0.3) is 22.6 Å². The quantitative estimate of drug-likeness (QED) is 0.741. The lowest BCUT2D eigenvalue weighted by molar-refractivity contribution is 0.312. The summed E-state index contributed by atoms with van der Waals surface area (Å²) in [4.78, 5) is 17.2. The summed E-state index contributed by atoms with van der Waals surface area (Å²) in [6.07, 6.45) is 0.803. The number of benzene rings is 2. The van der Waals surface area contributed by atoms with Gasteiger partial charge in [-0.3, -0.25) is 4.79 Å². The molecule has 1 unspecified atom stereocenters. The summed E-state index contributed by atoms with van der Waals surface area (Å²) in [5.74, 6) is 1.06. The summed E-state index contributed by atoms with van der Waals surface area (Å²) in [6.45, 7) is 8.48. The SMILES string of the molecule is CCC1(C)Nc2ccccc2-c2nc(=O)c(-c3ccc(C(C)C)cc3)nn21. The highest BCUT2D eigenvalue weighted by atomic mass is 16.1. The third-order valence-electron chi connectivity index (χ3n) is 5.39. The van der Waals surface area contributed by atoms with Gasteiger partial charge in [0.05, 0.1) is 0 Å². The van der Waals surface area contributed by atoms with E-state index >= 15 is 0 Å². The maximum Gasteiger partial charge on any atom is 0.300 e. The third-order valence-corrected chi connectivity index (χ3v) is 5.39. The number of nitrogens with one attached hydrogen (secondary N) is 1. The van der Waals surface area contributed by atoms with Gasteiger partial charge in [-0.15, -0.1) is 0 Å². The van der Waals surface area contributed by atoms with Crippen molar-refractivity contribution in [1.82, 2.24) is 14.8 Å². The van der Waals surface area contributed by atoms with Crippen molar-refractivity contribution in [1.29, 1.82) is 0 Å². The normalized spacial score (nSPS) is 18.0. The summed E-state index contributed by atoms with van der Waals surface area (Å²) in [5, 5.41) is 8.32. The van der Waals surface area contributed by atoms with E-state index < -0.39 is 5.66 Å². The zero-order valence-corrected chi connectivity index (χ0v) is 16.2. The molecule has 3 aromatic rings. The minimum atomic E-state index is -0.447. The van der Waals surface area contributed by atoms with Gasteiger partial charge in [0, 0.05) is 16.8 Å². The monoisotopic (exact) mass is 360 g/mol. The molecule has 1 aliphatic rings. The zero-order chi connectivity index (χ0) is 19.2. The molecule has 0 amide bonds. The molecule has 1 aliphatic heterocycles. The van der Waals surface area contributed by atoms with E-state index in [1.165, 1.54) is 5.56 Å². The third kappa shape index (κ3) is 2.83. The number of para-hydroxylation sites is 1. The largest absolute Gasteiger partial charge is 0.361 e. The second-order valence-corrected chi connectivity index (χ2v) is 7.58. The average Bonchev–Trinajstić information content (AvgIpc) is 2.68. The maximum atomic E-state index is 12.8. The Hall–Kier alpha value is -2.95. The topological polar surface area (TPSA) is 59.8 Å². The number of rotatable bonds is 3. The van der Waals surface area contributed by atoms with Gasteiger partial charge in [0.25, 0.3) is 5.56 Å². The van der Waals surface area contributed by atoms with Crippen molar-refractivity contribution in [2.24, 2.45) is 0 Å². The second kappa shape index (κ2) is 6.34. The number of nitrogens with zero attached hydrogens (tertiary/aromatic N) is 3. The number of hydrogen-bond donors (Lipinski definition) is 1. The number of fused-ring (bicyclic) bond motifs is 3. The number of aromatic nitrogens is 3. The summed E-state index contributed by atoms with van der Waals surface area (Å²) >= 11 is 0. The molecule has 0 bridgehead atoms. The van der Waals surface area contributed by atoms with Crippen LogP contribution in [0.1, 0.15) is 45.6 Å². The Labute approximate surface area is 159 Å². The summed E-state index contributed by atoms with van der Waals surface area (Å²) < 4.78 is 1.86. The van der Waals surface area contributed by atoms with Gasteiger partial charge in [0.15, 0.2) is 11.5 Å². The van der Waals surface area contributed by atoms with Crippen molar-refractivity contribution in [2.75, 3.05) is 5.32 Å². The first-order valence-electron chi connectivity index (χ1n) is 9.42. The molecule has 2 heterocycles. The van der Waals surface area contributed by atoms with E-state index in [1.54, 1.807) is 0 Å². The van der Waals surface area contributed by atoms with Gasteiger partial charge in [-0.25, -0.2) is 4.68 Å². The highest BCUT2D eigenvalue weighted by molar-refractivity contribution is 5.76. The van der Waals surface area contributed by atoms with Gasteiger partial charge in [-0.1, -0.05) is 57.2 Å². The fourth-order valence-electron chi connectivity index (χ4n) is 3.48. The van der Waals surface area contributed by atoms with E-state index in [9.17, 15) is 4.79 Å². The zero-order valence-electron chi connectivity index (χ0n) is 16.2. The molecule has 1 N–H and O–H groups in total. The van der Waals surface area contributed by atoms with Crippen LogP contribution >= 0.6 is 0 Å². The minimum absolute atomic E-state index is 0.297. The van der Waals surface area contributed by atoms with E-state index in [0.29, 0.717) is 17.4 Å². The molecule has 0 saturated carbocycles. The Kier molecular flexibility index (Phi) is 4.10. The minimum Gasteiger partial charge on any atom is -0.361 e. The number of anilines is 1. The van der Waals surface area contributed by atoms with Crippen LogP contribution in [0.15, 0.2) is 53.3 Å². The van der Waals surface area contributed by atoms with E-state index in [1.807, 2.05) is 41.1 Å². The first kappa shape index (κ1) is 17.5. The van der Waals surface area contributed by atoms with E-state index in [0.717, 1.165) is 23.2 Å². The highest BCUT2D eigenvalue weighted by Gasteiger charge is 2.34. The Bertz CT molecular complexity index is 1050. The lowest BCUT2D eigenvalue weighted by atomic mass is 10.0. The van der Waals surface area contributed by atoms with Crippen LogP contribution in [0.5, 0.6) is 0 Å².